The Balaban J connectivity index is 1.54. The van der Waals surface area contributed by atoms with Crippen molar-refractivity contribution in [3.63, 3.8) is 0 Å². The van der Waals surface area contributed by atoms with Crippen molar-refractivity contribution in [1.29, 1.82) is 0 Å². The molecule has 24 heavy (non-hydrogen) atoms. The molecule has 3 rings (SSSR count). The maximum Gasteiger partial charge on any atom is 0.329 e. The average Bonchev–Trinajstić information content (AvgIpc) is 3.04. The zero-order valence-electron chi connectivity index (χ0n) is 12.3. The standard InChI is InChI=1S/C16H12BrN3O4/c17-11-2-4-12(5-3-11)19-15(21)16(22)20-18-8-10-1-6-13-14(7-10)24-9-23-13/h1-8H,9H2,(H,19,21)(H,20,22)/b18-8+. The van der Waals surface area contributed by atoms with Crippen LogP contribution in [0, 0.1) is 0 Å². The molecule has 0 aromatic heterocycles. The second-order valence-corrected chi connectivity index (χ2v) is 5.69. The molecule has 1 aliphatic rings. The molecule has 0 saturated carbocycles. The van der Waals surface area contributed by atoms with Crippen LogP contribution in [0.25, 0.3) is 0 Å². The summed E-state index contributed by atoms with van der Waals surface area (Å²) in [5, 5.41) is 6.22. The van der Waals surface area contributed by atoms with Gasteiger partial charge >= 0.3 is 11.8 Å². The summed E-state index contributed by atoms with van der Waals surface area (Å²) in [6, 6.07) is 12.1. The van der Waals surface area contributed by atoms with Gasteiger partial charge in [0, 0.05) is 10.2 Å². The molecule has 2 aromatic rings. The van der Waals surface area contributed by atoms with E-state index < -0.39 is 11.8 Å². The highest BCUT2D eigenvalue weighted by atomic mass is 79.9. The Morgan fingerprint density at radius 3 is 2.58 bits per heavy atom. The van der Waals surface area contributed by atoms with Crippen LogP contribution in [0.15, 0.2) is 52.0 Å². The Labute approximate surface area is 145 Å². The lowest BCUT2D eigenvalue weighted by Crippen LogP contribution is -2.32. The van der Waals surface area contributed by atoms with Gasteiger partial charge in [0.1, 0.15) is 0 Å². The summed E-state index contributed by atoms with van der Waals surface area (Å²) in [7, 11) is 0. The normalized spacial score (nSPS) is 12.2. The molecule has 0 fully saturated rings. The van der Waals surface area contributed by atoms with E-state index in [0.717, 1.165) is 4.47 Å². The van der Waals surface area contributed by atoms with E-state index in [0.29, 0.717) is 22.7 Å². The van der Waals surface area contributed by atoms with E-state index in [-0.39, 0.29) is 6.79 Å². The highest BCUT2D eigenvalue weighted by Gasteiger charge is 2.14. The number of nitrogens with one attached hydrogen (secondary N) is 2. The number of rotatable bonds is 3. The average molecular weight is 390 g/mol. The van der Waals surface area contributed by atoms with Gasteiger partial charge in [0.05, 0.1) is 6.21 Å². The molecule has 0 unspecified atom stereocenters. The topological polar surface area (TPSA) is 89.0 Å². The Hall–Kier alpha value is -2.87. The Bertz CT molecular complexity index is 805. The second kappa shape index (κ2) is 7.14. The number of nitrogens with zero attached hydrogens (tertiary/aromatic N) is 1. The fourth-order valence-corrected chi connectivity index (χ4v) is 2.20. The van der Waals surface area contributed by atoms with Crippen LogP contribution in [0.1, 0.15) is 5.56 Å². The van der Waals surface area contributed by atoms with Crippen LogP contribution < -0.4 is 20.2 Å². The predicted octanol–water partition coefficient (Wildman–Crippen LogP) is 2.27. The number of fused-ring (bicyclic) bond motifs is 1. The molecular weight excluding hydrogens is 378 g/mol. The second-order valence-electron chi connectivity index (χ2n) is 4.77. The number of hydrogen-bond donors (Lipinski definition) is 2. The third kappa shape index (κ3) is 3.90. The number of anilines is 1. The van der Waals surface area contributed by atoms with E-state index in [9.17, 15) is 9.59 Å². The maximum absolute atomic E-state index is 11.7. The lowest BCUT2D eigenvalue weighted by Gasteiger charge is -2.03. The summed E-state index contributed by atoms with van der Waals surface area (Å²) in [6.45, 7) is 0.183. The number of hydrazone groups is 1. The van der Waals surface area contributed by atoms with Gasteiger partial charge in [-0.1, -0.05) is 15.9 Å². The van der Waals surface area contributed by atoms with Crippen LogP contribution in [0.4, 0.5) is 5.69 Å². The molecule has 2 N–H and O–H groups in total. The van der Waals surface area contributed by atoms with Crippen molar-refractivity contribution >= 4 is 39.6 Å². The minimum atomic E-state index is -0.866. The smallest absolute Gasteiger partial charge is 0.329 e. The van der Waals surface area contributed by atoms with Crippen molar-refractivity contribution in [1.82, 2.24) is 5.43 Å². The number of halogens is 1. The van der Waals surface area contributed by atoms with Gasteiger partial charge in [-0.15, -0.1) is 0 Å². The van der Waals surface area contributed by atoms with Gasteiger partial charge in [-0.2, -0.15) is 5.10 Å². The van der Waals surface area contributed by atoms with Crippen LogP contribution >= 0.6 is 15.9 Å². The van der Waals surface area contributed by atoms with E-state index in [2.05, 4.69) is 31.8 Å². The SMILES string of the molecule is O=C(N/N=C/c1ccc2c(c1)OCO2)C(=O)Nc1ccc(Br)cc1. The molecule has 2 aromatic carbocycles. The number of ether oxygens (including phenoxy) is 2. The number of carbonyl (C=O) groups is 2. The summed E-state index contributed by atoms with van der Waals surface area (Å²) in [5.41, 5.74) is 3.38. The molecule has 0 aliphatic carbocycles. The van der Waals surface area contributed by atoms with Crippen LogP contribution in [-0.4, -0.2) is 24.8 Å². The van der Waals surface area contributed by atoms with Crippen LogP contribution in [-0.2, 0) is 9.59 Å². The molecule has 7 nitrogen and oxygen atoms in total. The molecule has 0 bridgehead atoms. The van der Waals surface area contributed by atoms with Crippen molar-refractivity contribution in [3.05, 3.63) is 52.5 Å². The molecule has 122 valence electrons. The van der Waals surface area contributed by atoms with Gasteiger partial charge in [-0.3, -0.25) is 9.59 Å². The lowest BCUT2D eigenvalue weighted by molar-refractivity contribution is -0.136. The van der Waals surface area contributed by atoms with Gasteiger partial charge < -0.3 is 14.8 Å². The minimum Gasteiger partial charge on any atom is -0.454 e. The van der Waals surface area contributed by atoms with E-state index >= 15 is 0 Å². The lowest BCUT2D eigenvalue weighted by atomic mass is 10.2. The van der Waals surface area contributed by atoms with Gasteiger partial charge in [-0.05, 0) is 48.0 Å². The van der Waals surface area contributed by atoms with Crippen molar-refractivity contribution in [2.24, 2.45) is 5.10 Å². The molecule has 1 aliphatic heterocycles. The fourth-order valence-electron chi connectivity index (χ4n) is 1.93. The maximum atomic E-state index is 11.7. The zero-order valence-corrected chi connectivity index (χ0v) is 13.9. The van der Waals surface area contributed by atoms with Crippen LogP contribution in [0.5, 0.6) is 11.5 Å². The molecule has 0 atom stereocenters. The first kappa shape index (κ1) is 16.0. The first-order chi connectivity index (χ1) is 11.6. The largest absolute Gasteiger partial charge is 0.454 e. The third-order valence-corrected chi connectivity index (χ3v) is 3.61. The summed E-state index contributed by atoms with van der Waals surface area (Å²) in [4.78, 5) is 23.4. The van der Waals surface area contributed by atoms with E-state index in [1.807, 2.05) is 0 Å². The van der Waals surface area contributed by atoms with Gasteiger partial charge in [0.25, 0.3) is 0 Å². The van der Waals surface area contributed by atoms with Gasteiger partial charge in [-0.25, -0.2) is 5.43 Å². The highest BCUT2D eigenvalue weighted by molar-refractivity contribution is 9.10. The summed E-state index contributed by atoms with van der Waals surface area (Å²) >= 11 is 3.29. The molecule has 8 heteroatoms. The Morgan fingerprint density at radius 1 is 1.04 bits per heavy atom. The van der Waals surface area contributed by atoms with Crippen molar-refractivity contribution in [3.8, 4) is 11.5 Å². The first-order valence-electron chi connectivity index (χ1n) is 6.91. The molecule has 1 heterocycles. The summed E-state index contributed by atoms with van der Waals surface area (Å²) < 4.78 is 11.3. The number of amides is 2. The van der Waals surface area contributed by atoms with Crippen LogP contribution in [0.2, 0.25) is 0 Å². The van der Waals surface area contributed by atoms with Gasteiger partial charge in [0.2, 0.25) is 6.79 Å². The monoisotopic (exact) mass is 389 g/mol. The molecule has 0 spiro atoms. The molecule has 0 saturated heterocycles. The number of benzene rings is 2. The highest BCUT2D eigenvalue weighted by Crippen LogP contribution is 2.31. The zero-order chi connectivity index (χ0) is 16.9. The fraction of sp³-hybridized carbons (Fsp3) is 0.0625. The summed E-state index contributed by atoms with van der Waals surface area (Å²) in [5.74, 6) is -0.404. The minimum absolute atomic E-state index is 0.183. The number of hydrogen-bond acceptors (Lipinski definition) is 5. The third-order valence-electron chi connectivity index (χ3n) is 3.08. The molecule has 0 radical (unpaired) electrons. The molecule has 2 amide bonds. The first-order valence-corrected chi connectivity index (χ1v) is 7.71. The number of carbonyl (C=O) groups excluding carboxylic acids is 2. The van der Waals surface area contributed by atoms with Crippen LogP contribution in [0.3, 0.4) is 0 Å². The van der Waals surface area contributed by atoms with E-state index in [4.69, 9.17) is 9.47 Å². The van der Waals surface area contributed by atoms with Crippen molar-refractivity contribution < 1.29 is 19.1 Å². The Morgan fingerprint density at radius 2 is 1.79 bits per heavy atom. The predicted molar refractivity (Wildman–Crippen MR) is 91.1 cm³/mol. The summed E-state index contributed by atoms with van der Waals surface area (Å²) in [6.07, 6.45) is 1.41. The van der Waals surface area contributed by atoms with E-state index in [1.165, 1.54) is 6.21 Å². The quantitative estimate of drug-likeness (QED) is 0.478. The van der Waals surface area contributed by atoms with Crippen molar-refractivity contribution in [2.75, 3.05) is 12.1 Å². The van der Waals surface area contributed by atoms with Gasteiger partial charge in [0.15, 0.2) is 11.5 Å². The Kier molecular flexibility index (Phi) is 4.76. The van der Waals surface area contributed by atoms with Crippen molar-refractivity contribution in [2.45, 2.75) is 0 Å². The van der Waals surface area contributed by atoms with E-state index in [1.54, 1.807) is 42.5 Å². The molecular formula is C16H12BrN3O4.